The fourth-order valence-electron chi connectivity index (χ4n) is 2.11. The number of aromatic nitrogens is 2. The van der Waals surface area contributed by atoms with Gasteiger partial charge in [-0.25, -0.2) is 8.42 Å². The summed E-state index contributed by atoms with van der Waals surface area (Å²) in [5, 5.41) is 12.9. The SMILES string of the molecule is COc1ccc(CC(=O)O)cc1S(=O)(=O)Nc1nn(C)cc1C. The van der Waals surface area contributed by atoms with Gasteiger partial charge >= 0.3 is 5.97 Å². The lowest BCUT2D eigenvalue weighted by atomic mass is 10.1. The summed E-state index contributed by atoms with van der Waals surface area (Å²) in [6.45, 7) is 1.73. The summed E-state index contributed by atoms with van der Waals surface area (Å²) in [5.74, 6) is -0.717. The normalized spacial score (nSPS) is 11.3. The van der Waals surface area contributed by atoms with Gasteiger partial charge in [-0.15, -0.1) is 0 Å². The zero-order valence-corrected chi connectivity index (χ0v) is 13.7. The quantitative estimate of drug-likeness (QED) is 0.817. The van der Waals surface area contributed by atoms with Gasteiger partial charge in [0.15, 0.2) is 5.82 Å². The van der Waals surface area contributed by atoms with E-state index >= 15 is 0 Å². The highest BCUT2D eigenvalue weighted by atomic mass is 32.2. The number of aryl methyl sites for hydroxylation is 2. The number of sulfonamides is 1. The molecule has 2 aromatic rings. The molecule has 0 bridgehead atoms. The number of benzene rings is 1. The summed E-state index contributed by atoms with van der Waals surface area (Å²) in [6.07, 6.45) is 1.39. The van der Waals surface area contributed by atoms with Crippen molar-refractivity contribution in [1.82, 2.24) is 9.78 Å². The van der Waals surface area contributed by atoms with Crippen molar-refractivity contribution in [3.8, 4) is 5.75 Å². The van der Waals surface area contributed by atoms with E-state index in [-0.39, 0.29) is 22.9 Å². The lowest BCUT2D eigenvalue weighted by molar-refractivity contribution is -0.136. The van der Waals surface area contributed by atoms with Gasteiger partial charge in [0.1, 0.15) is 10.6 Å². The Morgan fingerprint density at radius 2 is 2.13 bits per heavy atom. The number of aliphatic carboxylic acids is 1. The Morgan fingerprint density at radius 3 is 2.65 bits per heavy atom. The molecule has 1 aromatic carbocycles. The second-order valence-corrected chi connectivity index (χ2v) is 6.65. The Hall–Kier alpha value is -2.55. The maximum absolute atomic E-state index is 12.6. The second-order valence-electron chi connectivity index (χ2n) is 5.00. The number of methoxy groups -OCH3 is 1. The van der Waals surface area contributed by atoms with E-state index in [0.29, 0.717) is 11.1 Å². The Labute approximate surface area is 133 Å². The van der Waals surface area contributed by atoms with Gasteiger partial charge in [0.05, 0.1) is 13.5 Å². The molecule has 0 fully saturated rings. The summed E-state index contributed by atoms with van der Waals surface area (Å²) >= 11 is 0. The molecule has 9 heteroatoms. The zero-order valence-electron chi connectivity index (χ0n) is 12.9. The van der Waals surface area contributed by atoms with Gasteiger partial charge in [0, 0.05) is 18.8 Å². The van der Waals surface area contributed by atoms with Crippen LogP contribution in [0.25, 0.3) is 0 Å². The summed E-state index contributed by atoms with van der Waals surface area (Å²) in [6, 6.07) is 4.23. The van der Waals surface area contributed by atoms with Crippen molar-refractivity contribution < 1.29 is 23.1 Å². The fraction of sp³-hybridized carbons (Fsp3) is 0.286. The van der Waals surface area contributed by atoms with Gasteiger partial charge in [-0.05, 0) is 24.6 Å². The molecule has 0 unspecified atom stereocenters. The molecule has 0 amide bonds. The van der Waals surface area contributed by atoms with Gasteiger partial charge in [-0.1, -0.05) is 6.07 Å². The molecule has 0 aliphatic rings. The van der Waals surface area contributed by atoms with Crippen molar-refractivity contribution in [3.63, 3.8) is 0 Å². The third-order valence-electron chi connectivity index (χ3n) is 3.12. The molecule has 0 atom stereocenters. The van der Waals surface area contributed by atoms with Crippen molar-refractivity contribution in [1.29, 1.82) is 0 Å². The number of rotatable bonds is 6. The molecule has 0 saturated heterocycles. The third-order valence-corrected chi connectivity index (χ3v) is 4.48. The van der Waals surface area contributed by atoms with Crippen molar-refractivity contribution in [2.45, 2.75) is 18.2 Å². The number of carboxylic acid groups (broad SMARTS) is 1. The van der Waals surface area contributed by atoms with E-state index in [4.69, 9.17) is 9.84 Å². The Morgan fingerprint density at radius 1 is 1.43 bits per heavy atom. The molecular weight excluding hydrogens is 322 g/mol. The molecule has 0 spiro atoms. The molecule has 0 aliphatic carbocycles. The smallest absolute Gasteiger partial charge is 0.307 e. The van der Waals surface area contributed by atoms with Crippen LogP contribution < -0.4 is 9.46 Å². The molecule has 0 saturated carbocycles. The summed E-state index contributed by atoms with van der Waals surface area (Å²) < 4.78 is 34.1. The Kier molecular flexibility index (Phi) is 4.60. The summed E-state index contributed by atoms with van der Waals surface area (Å²) in [5.41, 5.74) is 1.02. The van der Waals surface area contributed by atoms with E-state index in [1.165, 1.54) is 30.0 Å². The average molecular weight is 339 g/mol. The van der Waals surface area contributed by atoms with Crippen LogP contribution in [0.1, 0.15) is 11.1 Å². The van der Waals surface area contributed by atoms with E-state index < -0.39 is 16.0 Å². The van der Waals surface area contributed by atoms with Crippen LogP contribution in [-0.2, 0) is 28.3 Å². The van der Waals surface area contributed by atoms with E-state index in [0.717, 1.165) is 0 Å². The molecule has 8 nitrogen and oxygen atoms in total. The van der Waals surface area contributed by atoms with Crippen LogP contribution in [0.4, 0.5) is 5.82 Å². The van der Waals surface area contributed by atoms with Crippen molar-refractivity contribution in [3.05, 3.63) is 35.5 Å². The maximum atomic E-state index is 12.6. The number of ether oxygens (including phenoxy) is 1. The molecule has 0 aliphatic heterocycles. The second kappa shape index (κ2) is 6.29. The lowest BCUT2D eigenvalue weighted by Gasteiger charge is -2.12. The monoisotopic (exact) mass is 339 g/mol. The molecule has 23 heavy (non-hydrogen) atoms. The van der Waals surface area contributed by atoms with E-state index in [1.807, 2.05) is 0 Å². The fourth-order valence-corrected chi connectivity index (χ4v) is 3.39. The van der Waals surface area contributed by atoms with Gasteiger partial charge < -0.3 is 9.84 Å². The van der Waals surface area contributed by atoms with Gasteiger partial charge in [0.25, 0.3) is 10.0 Å². The number of carboxylic acids is 1. The first kappa shape index (κ1) is 16.8. The number of hydrogen-bond donors (Lipinski definition) is 2. The number of hydrogen-bond acceptors (Lipinski definition) is 5. The highest BCUT2D eigenvalue weighted by Crippen LogP contribution is 2.27. The molecule has 124 valence electrons. The minimum atomic E-state index is -3.97. The Bertz CT molecular complexity index is 842. The van der Waals surface area contributed by atoms with Crippen molar-refractivity contribution >= 4 is 21.8 Å². The van der Waals surface area contributed by atoms with Crippen LogP contribution in [0.5, 0.6) is 5.75 Å². The van der Waals surface area contributed by atoms with Crippen LogP contribution in [0.15, 0.2) is 29.3 Å². The average Bonchev–Trinajstić information content (AvgIpc) is 2.75. The van der Waals surface area contributed by atoms with Crippen LogP contribution in [0, 0.1) is 6.92 Å². The van der Waals surface area contributed by atoms with Crippen LogP contribution in [0.3, 0.4) is 0 Å². The zero-order chi connectivity index (χ0) is 17.2. The van der Waals surface area contributed by atoms with Crippen molar-refractivity contribution in [2.75, 3.05) is 11.8 Å². The minimum absolute atomic E-state index is 0.125. The molecule has 1 heterocycles. The minimum Gasteiger partial charge on any atom is -0.495 e. The number of carbonyl (C=O) groups is 1. The van der Waals surface area contributed by atoms with Crippen LogP contribution in [0.2, 0.25) is 0 Å². The number of anilines is 1. The van der Waals surface area contributed by atoms with Gasteiger partial charge in [0.2, 0.25) is 0 Å². The standard InChI is InChI=1S/C14H17N3O5S/c1-9-8-17(2)15-14(9)16-23(20,21)12-6-10(7-13(18)19)4-5-11(12)22-3/h4-6,8H,7H2,1-3H3,(H,15,16)(H,18,19). The highest BCUT2D eigenvalue weighted by Gasteiger charge is 2.22. The van der Waals surface area contributed by atoms with Crippen LogP contribution in [-0.4, -0.2) is 36.4 Å². The first-order chi connectivity index (χ1) is 10.7. The first-order valence-corrected chi connectivity index (χ1v) is 8.13. The predicted molar refractivity (Wildman–Crippen MR) is 83.1 cm³/mol. The summed E-state index contributed by atoms with van der Waals surface area (Å²) in [4.78, 5) is 10.7. The lowest BCUT2D eigenvalue weighted by Crippen LogP contribution is -2.16. The predicted octanol–water partition coefficient (Wildman–Crippen LogP) is 1.17. The van der Waals surface area contributed by atoms with E-state index in [9.17, 15) is 13.2 Å². The number of nitrogens with zero attached hydrogens (tertiary/aromatic N) is 2. The van der Waals surface area contributed by atoms with Crippen molar-refractivity contribution in [2.24, 2.45) is 7.05 Å². The first-order valence-electron chi connectivity index (χ1n) is 6.64. The van der Waals surface area contributed by atoms with E-state index in [1.54, 1.807) is 20.2 Å². The third kappa shape index (κ3) is 3.81. The van der Waals surface area contributed by atoms with Crippen LogP contribution >= 0.6 is 0 Å². The largest absolute Gasteiger partial charge is 0.495 e. The van der Waals surface area contributed by atoms with Gasteiger partial charge in [-0.3, -0.25) is 14.2 Å². The maximum Gasteiger partial charge on any atom is 0.307 e. The topological polar surface area (TPSA) is 111 Å². The Balaban J connectivity index is 2.44. The molecule has 0 radical (unpaired) electrons. The molecule has 1 aromatic heterocycles. The number of nitrogens with one attached hydrogen (secondary N) is 1. The van der Waals surface area contributed by atoms with E-state index in [2.05, 4.69) is 9.82 Å². The molecular formula is C14H17N3O5S. The molecule has 2 N–H and O–H groups in total. The summed E-state index contributed by atoms with van der Waals surface area (Å²) in [7, 11) is -0.943. The highest BCUT2D eigenvalue weighted by molar-refractivity contribution is 7.92. The molecule has 2 rings (SSSR count). The van der Waals surface area contributed by atoms with Gasteiger partial charge in [-0.2, -0.15) is 5.10 Å².